The molecule has 3 rings (SSSR count). The Morgan fingerprint density at radius 2 is 1.85 bits per heavy atom. The number of nitrogens with zero attached hydrogens (tertiary/aromatic N) is 1. The van der Waals surface area contributed by atoms with Gasteiger partial charge in [-0.1, -0.05) is 24.3 Å². The molecule has 0 atom stereocenters. The fourth-order valence-electron chi connectivity index (χ4n) is 1.91. The molecule has 1 aliphatic rings. The van der Waals surface area contributed by atoms with Gasteiger partial charge >= 0.3 is 0 Å². The standard InChI is InChI=1S/C16H10N2O2/c17-10-12-7-5-11(6-8-12)9-15-16(19)18-13-3-1-2-4-14(13)20-15/h1-9H,(H,18,19). The van der Waals surface area contributed by atoms with Crippen molar-refractivity contribution in [3.05, 3.63) is 65.4 Å². The highest BCUT2D eigenvalue weighted by atomic mass is 16.5. The molecule has 1 heterocycles. The number of hydrogen-bond acceptors (Lipinski definition) is 3. The van der Waals surface area contributed by atoms with Crippen LogP contribution < -0.4 is 10.1 Å². The van der Waals surface area contributed by atoms with Crippen LogP contribution in [0.2, 0.25) is 0 Å². The number of fused-ring (bicyclic) bond motifs is 1. The average molecular weight is 262 g/mol. The van der Waals surface area contributed by atoms with E-state index < -0.39 is 0 Å². The second kappa shape index (κ2) is 4.90. The second-order valence-corrected chi connectivity index (χ2v) is 4.29. The minimum atomic E-state index is -0.284. The molecule has 0 fully saturated rings. The Morgan fingerprint density at radius 3 is 2.60 bits per heavy atom. The van der Waals surface area contributed by atoms with E-state index in [9.17, 15) is 4.79 Å². The number of amides is 1. The first-order chi connectivity index (χ1) is 9.76. The zero-order chi connectivity index (χ0) is 13.9. The molecule has 4 nitrogen and oxygen atoms in total. The van der Waals surface area contributed by atoms with Gasteiger partial charge in [0.25, 0.3) is 5.91 Å². The van der Waals surface area contributed by atoms with Gasteiger partial charge < -0.3 is 10.1 Å². The Labute approximate surface area is 115 Å². The monoisotopic (exact) mass is 262 g/mol. The molecule has 1 N–H and O–H groups in total. The van der Waals surface area contributed by atoms with Gasteiger partial charge in [0.2, 0.25) is 0 Å². The van der Waals surface area contributed by atoms with Gasteiger partial charge in [0, 0.05) is 0 Å². The van der Waals surface area contributed by atoms with Gasteiger partial charge in [-0.2, -0.15) is 5.26 Å². The molecule has 96 valence electrons. The van der Waals surface area contributed by atoms with Gasteiger partial charge in [0.1, 0.15) is 0 Å². The molecule has 0 saturated carbocycles. The average Bonchev–Trinajstić information content (AvgIpc) is 2.49. The third kappa shape index (κ3) is 2.25. The van der Waals surface area contributed by atoms with Crippen LogP contribution in [0.3, 0.4) is 0 Å². The Morgan fingerprint density at radius 1 is 1.10 bits per heavy atom. The number of para-hydroxylation sites is 2. The summed E-state index contributed by atoms with van der Waals surface area (Å²) in [5.74, 6) is 0.563. The molecule has 0 aromatic heterocycles. The maximum absolute atomic E-state index is 11.9. The van der Waals surface area contributed by atoms with Crippen molar-refractivity contribution in [3.8, 4) is 11.8 Å². The number of hydrogen-bond donors (Lipinski definition) is 1. The normalized spacial score (nSPS) is 14.9. The summed E-state index contributed by atoms with van der Waals surface area (Å²) in [7, 11) is 0. The molecule has 20 heavy (non-hydrogen) atoms. The lowest BCUT2D eigenvalue weighted by atomic mass is 10.1. The molecule has 4 heteroatoms. The highest BCUT2D eigenvalue weighted by Crippen LogP contribution is 2.30. The molecule has 0 radical (unpaired) electrons. The molecule has 2 aromatic rings. The van der Waals surface area contributed by atoms with Crippen LogP contribution >= 0.6 is 0 Å². The lowest BCUT2D eigenvalue weighted by Gasteiger charge is -2.19. The third-order valence-corrected chi connectivity index (χ3v) is 2.92. The summed E-state index contributed by atoms with van der Waals surface area (Å²) in [6.45, 7) is 0. The summed E-state index contributed by atoms with van der Waals surface area (Å²) in [5, 5.41) is 11.5. The molecular formula is C16H10N2O2. The molecule has 1 aliphatic heterocycles. The summed E-state index contributed by atoms with van der Waals surface area (Å²) in [5.41, 5.74) is 2.04. The van der Waals surface area contributed by atoms with Crippen LogP contribution in [0.4, 0.5) is 5.69 Å². The first kappa shape index (κ1) is 12.0. The largest absolute Gasteiger partial charge is 0.449 e. The summed E-state index contributed by atoms with van der Waals surface area (Å²) in [4.78, 5) is 11.9. The van der Waals surface area contributed by atoms with Crippen LogP contribution in [0.25, 0.3) is 6.08 Å². The van der Waals surface area contributed by atoms with Crippen LogP contribution in [-0.2, 0) is 4.79 Å². The zero-order valence-corrected chi connectivity index (χ0v) is 10.5. The summed E-state index contributed by atoms with van der Waals surface area (Å²) < 4.78 is 5.59. The second-order valence-electron chi connectivity index (χ2n) is 4.29. The number of rotatable bonds is 1. The Kier molecular flexibility index (Phi) is 2.94. The van der Waals surface area contributed by atoms with Crippen molar-refractivity contribution in [2.75, 3.05) is 5.32 Å². The zero-order valence-electron chi connectivity index (χ0n) is 10.5. The number of nitrogens with one attached hydrogen (secondary N) is 1. The third-order valence-electron chi connectivity index (χ3n) is 2.92. The molecule has 1 amide bonds. The van der Waals surface area contributed by atoms with E-state index in [0.29, 0.717) is 17.0 Å². The number of carbonyl (C=O) groups excluding carboxylic acids is 1. The van der Waals surface area contributed by atoms with E-state index in [0.717, 1.165) is 5.56 Å². The number of benzene rings is 2. The number of nitriles is 1. The fourth-order valence-corrected chi connectivity index (χ4v) is 1.91. The van der Waals surface area contributed by atoms with Crippen molar-refractivity contribution >= 4 is 17.7 Å². The van der Waals surface area contributed by atoms with Crippen molar-refractivity contribution in [1.82, 2.24) is 0 Å². The van der Waals surface area contributed by atoms with Crippen molar-refractivity contribution in [2.45, 2.75) is 0 Å². The molecule has 0 saturated heterocycles. The first-order valence-corrected chi connectivity index (χ1v) is 6.06. The predicted molar refractivity (Wildman–Crippen MR) is 74.8 cm³/mol. The molecule has 0 aliphatic carbocycles. The predicted octanol–water partition coefficient (Wildman–Crippen LogP) is 2.93. The Balaban J connectivity index is 1.92. The minimum Gasteiger partial charge on any atom is -0.449 e. The smallest absolute Gasteiger partial charge is 0.291 e. The lowest BCUT2D eigenvalue weighted by molar-refractivity contribution is -0.115. The van der Waals surface area contributed by atoms with Crippen LogP contribution in [0.1, 0.15) is 11.1 Å². The van der Waals surface area contributed by atoms with E-state index in [-0.39, 0.29) is 11.7 Å². The Bertz CT molecular complexity index is 740. The maximum Gasteiger partial charge on any atom is 0.291 e. The molecular weight excluding hydrogens is 252 g/mol. The minimum absolute atomic E-state index is 0.230. The van der Waals surface area contributed by atoms with Crippen LogP contribution in [0, 0.1) is 11.3 Å². The van der Waals surface area contributed by atoms with E-state index in [4.69, 9.17) is 10.00 Å². The van der Waals surface area contributed by atoms with Crippen LogP contribution in [-0.4, -0.2) is 5.91 Å². The van der Waals surface area contributed by atoms with E-state index in [1.807, 2.05) is 18.2 Å². The number of anilines is 1. The Hall–Kier alpha value is -3.06. The van der Waals surface area contributed by atoms with Gasteiger partial charge in [0.05, 0.1) is 17.3 Å². The topological polar surface area (TPSA) is 62.1 Å². The van der Waals surface area contributed by atoms with Crippen molar-refractivity contribution in [3.63, 3.8) is 0 Å². The molecule has 0 bridgehead atoms. The number of carbonyl (C=O) groups is 1. The highest BCUT2D eigenvalue weighted by molar-refractivity contribution is 6.08. The van der Waals surface area contributed by atoms with Gasteiger partial charge in [0.15, 0.2) is 11.5 Å². The van der Waals surface area contributed by atoms with Crippen molar-refractivity contribution < 1.29 is 9.53 Å². The van der Waals surface area contributed by atoms with E-state index in [2.05, 4.69) is 5.32 Å². The summed E-state index contributed by atoms with van der Waals surface area (Å²) in [6, 6.07) is 16.2. The van der Waals surface area contributed by atoms with Crippen molar-refractivity contribution in [1.29, 1.82) is 5.26 Å². The quantitative estimate of drug-likeness (QED) is 0.804. The summed E-state index contributed by atoms with van der Waals surface area (Å²) in [6.07, 6.45) is 1.65. The molecule has 2 aromatic carbocycles. The molecule has 0 spiro atoms. The van der Waals surface area contributed by atoms with Crippen molar-refractivity contribution in [2.24, 2.45) is 0 Å². The maximum atomic E-state index is 11.9. The SMILES string of the molecule is N#Cc1ccc(C=C2Oc3ccccc3NC2=O)cc1. The van der Waals surface area contributed by atoms with E-state index in [1.165, 1.54) is 0 Å². The van der Waals surface area contributed by atoms with Gasteiger partial charge in [-0.3, -0.25) is 4.79 Å². The first-order valence-electron chi connectivity index (χ1n) is 6.06. The van der Waals surface area contributed by atoms with Crippen LogP contribution in [0.5, 0.6) is 5.75 Å². The van der Waals surface area contributed by atoms with Gasteiger partial charge in [-0.25, -0.2) is 0 Å². The highest BCUT2D eigenvalue weighted by Gasteiger charge is 2.21. The van der Waals surface area contributed by atoms with Crippen LogP contribution in [0.15, 0.2) is 54.3 Å². The lowest BCUT2D eigenvalue weighted by Crippen LogP contribution is -2.23. The van der Waals surface area contributed by atoms with E-state index >= 15 is 0 Å². The molecule has 0 unspecified atom stereocenters. The van der Waals surface area contributed by atoms with Gasteiger partial charge in [-0.05, 0) is 35.9 Å². The van der Waals surface area contributed by atoms with E-state index in [1.54, 1.807) is 42.5 Å². The summed E-state index contributed by atoms with van der Waals surface area (Å²) >= 11 is 0. The fraction of sp³-hybridized carbons (Fsp3) is 0. The number of ether oxygens (including phenoxy) is 1. The van der Waals surface area contributed by atoms with Gasteiger partial charge in [-0.15, -0.1) is 0 Å².